The number of benzene rings is 1. The van der Waals surface area contributed by atoms with Gasteiger partial charge in [-0.05, 0) is 44.0 Å². The lowest BCUT2D eigenvalue weighted by atomic mass is 10.1. The first-order valence-corrected chi connectivity index (χ1v) is 8.03. The lowest BCUT2D eigenvalue weighted by Crippen LogP contribution is -2.21. The van der Waals surface area contributed by atoms with Gasteiger partial charge in [0.2, 0.25) is 0 Å². The summed E-state index contributed by atoms with van der Waals surface area (Å²) in [5.41, 5.74) is 1.26. The average Bonchev–Trinajstić information content (AvgIpc) is 2.92. The van der Waals surface area contributed by atoms with Gasteiger partial charge in [0, 0.05) is 21.5 Å². The zero-order valence-corrected chi connectivity index (χ0v) is 13.4. The highest BCUT2D eigenvalue weighted by molar-refractivity contribution is 9.13. The normalized spacial score (nSPS) is 17.6. The van der Waals surface area contributed by atoms with Crippen molar-refractivity contribution in [1.29, 1.82) is 0 Å². The number of thiophene rings is 1. The van der Waals surface area contributed by atoms with Crippen LogP contribution in [0.15, 0.2) is 38.6 Å². The third-order valence-electron chi connectivity index (χ3n) is 2.92. The number of fused-ring (bicyclic) bond motifs is 1. The molecule has 94 valence electrons. The van der Waals surface area contributed by atoms with Crippen LogP contribution in [-0.2, 0) is 6.54 Å². The van der Waals surface area contributed by atoms with Crippen LogP contribution >= 0.6 is 43.2 Å². The van der Waals surface area contributed by atoms with E-state index in [2.05, 4.69) is 55.4 Å². The van der Waals surface area contributed by atoms with E-state index in [-0.39, 0.29) is 0 Å². The molecule has 3 rings (SSSR count). The summed E-state index contributed by atoms with van der Waals surface area (Å²) in [5.74, 6) is 1.00. The van der Waals surface area contributed by atoms with Crippen molar-refractivity contribution in [2.24, 2.45) is 0 Å². The van der Waals surface area contributed by atoms with E-state index in [0.717, 1.165) is 20.6 Å². The second kappa shape index (κ2) is 5.33. The Kier molecular flexibility index (Phi) is 3.75. The van der Waals surface area contributed by atoms with E-state index in [1.54, 1.807) is 11.3 Å². The van der Waals surface area contributed by atoms with Crippen molar-refractivity contribution in [3.63, 3.8) is 0 Å². The van der Waals surface area contributed by atoms with Gasteiger partial charge < -0.3 is 10.1 Å². The molecule has 1 aromatic carbocycles. The van der Waals surface area contributed by atoms with E-state index in [9.17, 15) is 0 Å². The molecule has 1 aliphatic heterocycles. The number of rotatable bonds is 3. The van der Waals surface area contributed by atoms with Crippen molar-refractivity contribution in [2.45, 2.75) is 12.6 Å². The SMILES string of the molecule is Brc1cc(CNC2COc3ccccc32)sc1Br. The Morgan fingerprint density at radius 3 is 2.94 bits per heavy atom. The fourth-order valence-corrected chi connectivity index (χ4v) is 4.16. The monoisotopic (exact) mass is 387 g/mol. The highest BCUT2D eigenvalue weighted by Gasteiger charge is 2.22. The minimum Gasteiger partial charge on any atom is -0.491 e. The van der Waals surface area contributed by atoms with Crippen molar-refractivity contribution in [3.05, 3.63) is 49.0 Å². The fourth-order valence-electron chi connectivity index (χ4n) is 2.03. The van der Waals surface area contributed by atoms with Gasteiger partial charge in [0.25, 0.3) is 0 Å². The smallest absolute Gasteiger partial charge is 0.124 e. The molecule has 0 bridgehead atoms. The fraction of sp³-hybridized carbons (Fsp3) is 0.231. The summed E-state index contributed by atoms with van der Waals surface area (Å²) in [6.07, 6.45) is 0. The molecule has 0 spiro atoms. The molecule has 2 aromatic rings. The minimum atomic E-state index is 0.292. The van der Waals surface area contributed by atoms with E-state index in [0.29, 0.717) is 12.6 Å². The Hall–Kier alpha value is -0.360. The second-order valence-corrected chi connectivity index (χ2v) is 7.43. The van der Waals surface area contributed by atoms with Crippen molar-refractivity contribution in [1.82, 2.24) is 5.32 Å². The Morgan fingerprint density at radius 1 is 1.33 bits per heavy atom. The average molecular weight is 389 g/mol. The Balaban J connectivity index is 1.68. The summed E-state index contributed by atoms with van der Waals surface area (Å²) in [6.45, 7) is 1.57. The molecule has 0 amide bonds. The number of hydrogen-bond acceptors (Lipinski definition) is 3. The minimum absolute atomic E-state index is 0.292. The number of nitrogens with one attached hydrogen (secondary N) is 1. The second-order valence-electron chi connectivity index (χ2n) is 4.12. The van der Waals surface area contributed by atoms with Crippen molar-refractivity contribution >= 4 is 43.2 Å². The largest absolute Gasteiger partial charge is 0.491 e. The van der Waals surface area contributed by atoms with Crippen LogP contribution in [0.1, 0.15) is 16.5 Å². The predicted octanol–water partition coefficient (Wildman–Crippen LogP) is 4.50. The molecule has 1 N–H and O–H groups in total. The lowest BCUT2D eigenvalue weighted by Gasteiger charge is -2.10. The maximum atomic E-state index is 5.65. The zero-order chi connectivity index (χ0) is 12.5. The van der Waals surface area contributed by atoms with Crippen LogP contribution in [0, 0.1) is 0 Å². The van der Waals surface area contributed by atoms with Crippen LogP contribution in [0.3, 0.4) is 0 Å². The third kappa shape index (κ3) is 2.50. The van der Waals surface area contributed by atoms with Crippen LogP contribution < -0.4 is 10.1 Å². The molecule has 1 aromatic heterocycles. The van der Waals surface area contributed by atoms with Gasteiger partial charge in [-0.1, -0.05) is 18.2 Å². The van der Waals surface area contributed by atoms with Gasteiger partial charge in [-0.25, -0.2) is 0 Å². The molecule has 18 heavy (non-hydrogen) atoms. The van der Waals surface area contributed by atoms with E-state index in [1.807, 2.05) is 12.1 Å². The van der Waals surface area contributed by atoms with Crippen molar-refractivity contribution in [2.75, 3.05) is 6.61 Å². The Bertz CT molecular complexity index is 550. The maximum Gasteiger partial charge on any atom is 0.124 e. The topological polar surface area (TPSA) is 21.3 Å². The first kappa shape index (κ1) is 12.7. The van der Waals surface area contributed by atoms with E-state index >= 15 is 0 Å². The molecule has 1 aliphatic rings. The first-order valence-electron chi connectivity index (χ1n) is 5.63. The standard InChI is InChI=1S/C13H11Br2NOS/c14-10-5-8(18-13(10)15)6-16-11-7-17-12-4-2-1-3-9(11)12/h1-5,11,16H,6-7H2. The van der Waals surface area contributed by atoms with Crippen LogP contribution in [0.2, 0.25) is 0 Å². The number of halogens is 2. The van der Waals surface area contributed by atoms with E-state index < -0.39 is 0 Å². The highest BCUT2D eigenvalue weighted by Crippen LogP contribution is 2.34. The Labute approximate surface area is 127 Å². The summed E-state index contributed by atoms with van der Waals surface area (Å²) in [4.78, 5) is 1.30. The van der Waals surface area contributed by atoms with Crippen molar-refractivity contribution in [3.8, 4) is 5.75 Å². The number of hydrogen-bond donors (Lipinski definition) is 1. The lowest BCUT2D eigenvalue weighted by molar-refractivity contribution is 0.311. The molecule has 0 radical (unpaired) electrons. The molecule has 1 atom stereocenters. The molecule has 0 saturated carbocycles. The number of ether oxygens (including phenoxy) is 1. The third-order valence-corrected chi connectivity index (χ3v) is 6.18. The van der Waals surface area contributed by atoms with Gasteiger partial charge in [0.15, 0.2) is 0 Å². The molecule has 5 heteroatoms. The van der Waals surface area contributed by atoms with E-state index in [4.69, 9.17) is 4.74 Å². The van der Waals surface area contributed by atoms with Gasteiger partial charge in [0.1, 0.15) is 12.4 Å². The summed E-state index contributed by atoms with van der Waals surface area (Å²) in [5, 5.41) is 3.54. The van der Waals surface area contributed by atoms with Crippen LogP contribution in [-0.4, -0.2) is 6.61 Å². The Morgan fingerprint density at radius 2 is 2.17 bits per heavy atom. The maximum absolute atomic E-state index is 5.65. The molecule has 2 heterocycles. The first-order chi connectivity index (χ1) is 8.74. The summed E-state index contributed by atoms with van der Waals surface area (Å²) >= 11 is 8.77. The molecular formula is C13H11Br2NOS. The van der Waals surface area contributed by atoms with Gasteiger partial charge in [-0.3, -0.25) is 0 Å². The summed E-state index contributed by atoms with van der Waals surface area (Å²) in [7, 11) is 0. The molecule has 2 nitrogen and oxygen atoms in total. The molecule has 0 saturated heterocycles. The summed E-state index contributed by atoms with van der Waals surface area (Å²) < 4.78 is 7.91. The van der Waals surface area contributed by atoms with Crippen molar-refractivity contribution < 1.29 is 4.74 Å². The summed E-state index contributed by atoms with van der Waals surface area (Å²) in [6, 6.07) is 10.6. The molecular weight excluding hydrogens is 378 g/mol. The molecule has 0 aliphatic carbocycles. The van der Waals surface area contributed by atoms with Gasteiger partial charge in [-0.15, -0.1) is 11.3 Å². The van der Waals surface area contributed by atoms with Gasteiger partial charge in [0.05, 0.1) is 9.83 Å². The number of para-hydroxylation sites is 1. The molecule has 0 fully saturated rings. The molecule has 1 unspecified atom stereocenters. The van der Waals surface area contributed by atoms with Crippen LogP contribution in [0.25, 0.3) is 0 Å². The van der Waals surface area contributed by atoms with Gasteiger partial charge >= 0.3 is 0 Å². The van der Waals surface area contributed by atoms with E-state index in [1.165, 1.54) is 10.4 Å². The van der Waals surface area contributed by atoms with Crippen LogP contribution in [0.5, 0.6) is 5.75 Å². The predicted molar refractivity (Wildman–Crippen MR) is 81.2 cm³/mol. The highest BCUT2D eigenvalue weighted by atomic mass is 79.9. The van der Waals surface area contributed by atoms with Gasteiger partial charge in [-0.2, -0.15) is 0 Å². The van der Waals surface area contributed by atoms with Crippen LogP contribution in [0.4, 0.5) is 0 Å². The quantitative estimate of drug-likeness (QED) is 0.835. The zero-order valence-electron chi connectivity index (χ0n) is 9.45.